The molecule has 2 nitrogen and oxygen atoms in total. The summed E-state index contributed by atoms with van der Waals surface area (Å²) in [4.78, 5) is 0. The Kier molecular flexibility index (Phi) is 2.30. The van der Waals surface area contributed by atoms with Gasteiger partial charge in [0.15, 0.2) is 0 Å². The highest BCUT2D eigenvalue weighted by atomic mass is 35.5. The van der Waals surface area contributed by atoms with Gasteiger partial charge in [0, 0.05) is 17.6 Å². The van der Waals surface area contributed by atoms with Crippen LogP contribution in [0.5, 0.6) is 0 Å². The summed E-state index contributed by atoms with van der Waals surface area (Å²) in [5.74, 6) is 0. The molecule has 3 heteroatoms. The van der Waals surface area contributed by atoms with E-state index in [1.54, 1.807) is 0 Å². The topological polar surface area (TPSA) is 24.1 Å². The normalized spacial score (nSPS) is 22.9. The Bertz CT molecular complexity index is 252. The molecule has 1 fully saturated rings. The molecule has 1 aromatic rings. The molecule has 1 heterocycles. The van der Waals surface area contributed by atoms with Crippen molar-refractivity contribution in [1.82, 2.24) is 10.9 Å². The first-order valence-corrected chi connectivity index (χ1v) is 4.48. The molecule has 12 heavy (non-hydrogen) atoms. The van der Waals surface area contributed by atoms with Crippen LogP contribution in [0.15, 0.2) is 24.3 Å². The van der Waals surface area contributed by atoms with Crippen LogP contribution >= 0.6 is 11.6 Å². The average Bonchev–Trinajstić information content (AvgIpc) is 2.58. The maximum absolute atomic E-state index is 5.78. The number of hydrogen-bond donors (Lipinski definition) is 2. The number of halogens is 1. The second kappa shape index (κ2) is 3.44. The second-order valence-electron chi connectivity index (χ2n) is 2.96. The lowest BCUT2D eigenvalue weighted by molar-refractivity contribution is 0.581. The molecule has 64 valence electrons. The number of hydrogen-bond acceptors (Lipinski definition) is 2. The summed E-state index contributed by atoms with van der Waals surface area (Å²) in [6.45, 7) is 1.04. The van der Waals surface area contributed by atoms with E-state index in [1.807, 2.05) is 12.1 Å². The van der Waals surface area contributed by atoms with Crippen molar-refractivity contribution in [1.29, 1.82) is 0 Å². The van der Waals surface area contributed by atoms with Gasteiger partial charge in [0.1, 0.15) is 0 Å². The van der Waals surface area contributed by atoms with Crippen molar-refractivity contribution in [2.75, 3.05) is 6.54 Å². The molecule has 0 amide bonds. The van der Waals surface area contributed by atoms with Gasteiger partial charge in [-0.3, -0.25) is 10.9 Å². The molecule has 0 saturated carbocycles. The SMILES string of the molecule is Clc1ccc(C2CCNN2)cc1. The van der Waals surface area contributed by atoms with Crippen LogP contribution in [0.1, 0.15) is 18.0 Å². The number of nitrogens with one attached hydrogen (secondary N) is 2. The van der Waals surface area contributed by atoms with Crippen molar-refractivity contribution in [3.8, 4) is 0 Å². The molecule has 0 bridgehead atoms. The molecule has 1 atom stereocenters. The second-order valence-corrected chi connectivity index (χ2v) is 3.40. The first-order chi connectivity index (χ1) is 5.86. The summed E-state index contributed by atoms with van der Waals surface area (Å²) >= 11 is 5.78. The fourth-order valence-corrected chi connectivity index (χ4v) is 1.56. The van der Waals surface area contributed by atoms with Gasteiger partial charge in [0.05, 0.1) is 0 Å². The molecule has 1 aromatic carbocycles. The fourth-order valence-electron chi connectivity index (χ4n) is 1.43. The van der Waals surface area contributed by atoms with E-state index in [9.17, 15) is 0 Å². The van der Waals surface area contributed by atoms with Gasteiger partial charge in [0.25, 0.3) is 0 Å². The van der Waals surface area contributed by atoms with E-state index in [0.717, 1.165) is 18.0 Å². The molecule has 0 aromatic heterocycles. The Hall–Kier alpha value is -0.570. The third-order valence-electron chi connectivity index (χ3n) is 2.11. The van der Waals surface area contributed by atoms with Gasteiger partial charge in [-0.25, -0.2) is 0 Å². The Morgan fingerprint density at radius 3 is 2.58 bits per heavy atom. The molecular formula is C9H11ClN2. The zero-order chi connectivity index (χ0) is 8.39. The smallest absolute Gasteiger partial charge is 0.0475 e. The predicted octanol–water partition coefficient (Wildman–Crippen LogP) is 1.88. The van der Waals surface area contributed by atoms with E-state index in [2.05, 4.69) is 23.0 Å². The van der Waals surface area contributed by atoms with Gasteiger partial charge >= 0.3 is 0 Å². The summed E-state index contributed by atoms with van der Waals surface area (Å²) in [5.41, 5.74) is 7.60. The minimum Gasteiger partial charge on any atom is -0.257 e. The Morgan fingerprint density at radius 2 is 2.00 bits per heavy atom. The van der Waals surface area contributed by atoms with Gasteiger partial charge in [-0.05, 0) is 24.1 Å². The average molecular weight is 183 g/mol. The highest BCUT2D eigenvalue weighted by molar-refractivity contribution is 6.30. The van der Waals surface area contributed by atoms with Crippen molar-refractivity contribution in [2.24, 2.45) is 0 Å². The highest BCUT2D eigenvalue weighted by Gasteiger charge is 2.14. The van der Waals surface area contributed by atoms with Crippen LogP contribution in [0.25, 0.3) is 0 Å². The molecule has 1 unspecified atom stereocenters. The lowest BCUT2D eigenvalue weighted by atomic mass is 10.1. The van der Waals surface area contributed by atoms with Crippen LogP contribution in [-0.2, 0) is 0 Å². The molecule has 0 spiro atoms. The minimum atomic E-state index is 0.447. The van der Waals surface area contributed by atoms with E-state index >= 15 is 0 Å². The Balaban J connectivity index is 2.17. The predicted molar refractivity (Wildman–Crippen MR) is 49.9 cm³/mol. The molecule has 2 N–H and O–H groups in total. The molecule has 0 radical (unpaired) electrons. The molecular weight excluding hydrogens is 172 g/mol. The van der Waals surface area contributed by atoms with E-state index in [1.165, 1.54) is 5.56 Å². The van der Waals surface area contributed by atoms with Crippen LogP contribution in [0.3, 0.4) is 0 Å². The number of hydrazine groups is 1. The third kappa shape index (κ3) is 1.61. The van der Waals surface area contributed by atoms with Crippen LogP contribution in [0.2, 0.25) is 5.02 Å². The quantitative estimate of drug-likeness (QED) is 0.693. The zero-order valence-electron chi connectivity index (χ0n) is 6.68. The van der Waals surface area contributed by atoms with Crippen LogP contribution in [0, 0.1) is 0 Å². The van der Waals surface area contributed by atoms with Gasteiger partial charge in [-0.15, -0.1) is 0 Å². The molecule has 1 aliphatic rings. The fraction of sp³-hybridized carbons (Fsp3) is 0.333. The molecule has 1 aliphatic heterocycles. The van der Waals surface area contributed by atoms with Crippen molar-refractivity contribution in [2.45, 2.75) is 12.5 Å². The van der Waals surface area contributed by atoms with E-state index in [4.69, 9.17) is 11.6 Å². The van der Waals surface area contributed by atoms with Crippen LogP contribution < -0.4 is 10.9 Å². The zero-order valence-corrected chi connectivity index (χ0v) is 7.43. The maximum atomic E-state index is 5.78. The van der Waals surface area contributed by atoms with Gasteiger partial charge < -0.3 is 0 Å². The Labute approximate surface area is 76.9 Å². The largest absolute Gasteiger partial charge is 0.257 e. The van der Waals surface area contributed by atoms with Crippen molar-refractivity contribution in [3.63, 3.8) is 0 Å². The summed E-state index contributed by atoms with van der Waals surface area (Å²) in [6, 6.07) is 8.43. The van der Waals surface area contributed by atoms with E-state index in [-0.39, 0.29) is 0 Å². The van der Waals surface area contributed by atoms with Crippen LogP contribution in [-0.4, -0.2) is 6.54 Å². The summed E-state index contributed by atoms with van der Waals surface area (Å²) in [7, 11) is 0. The lowest BCUT2D eigenvalue weighted by Crippen LogP contribution is -2.24. The maximum Gasteiger partial charge on any atom is 0.0475 e. The lowest BCUT2D eigenvalue weighted by Gasteiger charge is -2.08. The number of rotatable bonds is 1. The van der Waals surface area contributed by atoms with Gasteiger partial charge in [0.2, 0.25) is 0 Å². The van der Waals surface area contributed by atoms with E-state index in [0.29, 0.717) is 6.04 Å². The highest BCUT2D eigenvalue weighted by Crippen LogP contribution is 2.20. The van der Waals surface area contributed by atoms with Crippen molar-refractivity contribution in [3.05, 3.63) is 34.9 Å². The van der Waals surface area contributed by atoms with Gasteiger partial charge in [-0.2, -0.15) is 0 Å². The van der Waals surface area contributed by atoms with Crippen molar-refractivity contribution >= 4 is 11.6 Å². The first-order valence-electron chi connectivity index (χ1n) is 4.10. The summed E-state index contributed by atoms with van der Waals surface area (Å²) in [5, 5.41) is 0.796. The monoisotopic (exact) mass is 182 g/mol. The van der Waals surface area contributed by atoms with Crippen LogP contribution in [0.4, 0.5) is 0 Å². The minimum absolute atomic E-state index is 0.447. The van der Waals surface area contributed by atoms with Gasteiger partial charge in [-0.1, -0.05) is 23.7 Å². The third-order valence-corrected chi connectivity index (χ3v) is 2.36. The van der Waals surface area contributed by atoms with E-state index < -0.39 is 0 Å². The summed E-state index contributed by atoms with van der Waals surface area (Å²) < 4.78 is 0. The molecule has 1 saturated heterocycles. The molecule has 0 aliphatic carbocycles. The number of benzene rings is 1. The molecule has 2 rings (SSSR count). The standard InChI is InChI=1S/C9H11ClN2/c10-8-3-1-7(2-4-8)9-5-6-11-12-9/h1-4,9,11-12H,5-6H2. The Morgan fingerprint density at radius 1 is 1.25 bits per heavy atom. The summed E-state index contributed by atoms with van der Waals surface area (Å²) in [6.07, 6.45) is 1.14. The first kappa shape index (κ1) is 8.05. The van der Waals surface area contributed by atoms with Crippen molar-refractivity contribution < 1.29 is 0 Å².